The molecule has 1 atom stereocenters. The molecule has 0 bridgehead atoms. The number of carbonyl (C=O) groups is 2. The van der Waals surface area contributed by atoms with E-state index in [1.165, 1.54) is 15.6 Å². The number of carbonyl (C=O) groups excluding carboxylic acids is 2. The summed E-state index contributed by atoms with van der Waals surface area (Å²) in [5.41, 5.74) is 0. The topological polar surface area (TPSA) is 95.6 Å². The number of nitrogens with one attached hydrogen (secondary N) is 2. The maximum Gasteiger partial charge on any atom is 0.252 e. The Kier molecular flexibility index (Phi) is 6.76. The van der Waals surface area contributed by atoms with Crippen molar-refractivity contribution < 1.29 is 18.0 Å². The summed E-state index contributed by atoms with van der Waals surface area (Å²) in [5, 5.41) is 7.00. The Morgan fingerprint density at radius 1 is 1.38 bits per heavy atom. The maximum atomic E-state index is 12.5. The van der Waals surface area contributed by atoms with E-state index in [0.717, 1.165) is 6.42 Å². The number of piperidine rings is 1. The summed E-state index contributed by atoms with van der Waals surface area (Å²) in [6.07, 6.45) is 2.08. The molecule has 1 aliphatic heterocycles. The van der Waals surface area contributed by atoms with Crippen LogP contribution in [0.25, 0.3) is 0 Å². The molecule has 9 heteroatoms. The molecule has 0 unspecified atom stereocenters. The minimum atomic E-state index is -3.54. The molecule has 2 amide bonds. The fraction of sp³-hybridized carbons (Fsp3) is 0.600. The van der Waals surface area contributed by atoms with E-state index in [1.807, 2.05) is 6.92 Å². The largest absolute Gasteiger partial charge is 0.355 e. The Morgan fingerprint density at radius 3 is 2.83 bits per heavy atom. The third-order valence-corrected chi connectivity index (χ3v) is 7.08. The zero-order valence-corrected chi connectivity index (χ0v) is 15.3. The van der Waals surface area contributed by atoms with Crippen molar-refractivity contribution >= 4 is 33.2 Å². The van der Waals surface area contributed by atoms with Crippen LogP contribution in [0, 0.1) is 5.92 Å². The van der Waals surface area contributed by atoms with E-state index in [1.54, 1.807) is 17.5 Å². The minimum absolute atomic E-state index is 0.0764. The number of nitrogens with zero attached hydrogens (tertiary/aromatic N) is 1. The number of hydrogen-bond acceptors (Lipinski definition) is 5. The Hall–Kier alpha value is -1.45. The van der Waals surface area contributed by atoms with Gasteiger partial charge < -0.3 is 10.6 Å². The molecule has 1 aromatic rings. The van der Waals surface area contributed by atoms with E-state index in [2.05, 4.69) is 10.6 Å². The van der Waals surface area contributed by atoms with Crippen LogP contribution >= 0.6 is 11.3 Å². The summed E-state index contributed by atoms with van der Waals surface area (Å²) < 4.78 is 26.7. The van der Waals surface area contributed by atoms with Crippen LogP contribution in [0.3, 0.4) is 0 Å². The van der Waals surface area contributed by atoms with E-state index >= 15 is 0 Å². The molecule has 0 aliphatic carbocycles. The first-order chi connectivity index (χ1) is 11.4. The summed E-state index contributed by atoms with van der Waals surface area (Å²) in [5.74, 6) is -0.927. The van der Waals surface area contributed by atoms with Gasteiger partial charge >= 0.3 is 0 Å². The fourth-order valence-corrected chi connectivity index (χ4v) is 5.22. The summed E-state index contributed by atoms with van der Waals surface area (Å²) in [6.45, 7) is 3.02. The Balaban J connectivity index is 1.91. The normalized spacial score (nSPS) is 19.0. The smallest absolute Gasteiger partial charge is 0.252 e. The van der Waals surface area contributed by atoms with Gasteiger partial charge in [-0.15, -0.1) is 11.3 Å². The molecule has 1 aromatic heterocycles. The van der Waals surface area contributed by atoms with Crippen LogP contribution < -0.4 is 10.6 Å². The van der Waals surface area contributed by atoms with Crippen LogP contribution in [0.2, 0.25) is 0 Å². The van der Waals surface area contributed by atoms with Crippen molar-refractivity contribution in [2.75, 3.05) is 26.2 Å². The number of hydrogen-bond donors (Lipinski definition) is 2. The van der Waals surface area contributed by atoms with Crippen LogP contribution in [0.5, 0.6) is 0 Å². The quantitative estimate of drug-likeness (QED) is 0.739. The molecule has 1 saturated heterocycles. The zero-order chi connectivity index (χ0) is 17.6. The van der Waals surface area contributed by atoms with Gasteiger partial charge in [0.1, 0.15) is 4.21 Å². The minimum Gasteiger partial charge on any atom is -0.355 e. The Labute approximate surface area is 146 Å². The van der Waals surface area contributed by atoms with Crippen molar-refractivity contribution in [3.05, 3.63) is 17.5 Å². The van der Waals surface area contributed by atoms with E-state index in [4.69, 9.17) is 0 Å². The van der Waals surface area contributed by atoms with Gasteiger partial charge in [0.15, 0.2) is 0 Å². The van der Waals surface area contributed by atoms with Crippen LogP contribution in [-0.4, -0.2) is 50.7 Å². The average molecular weight is 374 g/mol. The molecule has 1 aliphatic rings. The second kappa shape index (κ2) is 8.59. The van der Waals surface area contributed by atoms with Gasteiger partial charge in [0.05, 0.1) is 12.5 Å². The van der Waals surface area contributed by atoms with E-state index in [9.17, 15) is 18.0 Å². The highest BCUT2D eigenvalue weighted by atomic mass is 32.2. The third kappa shape index (κ3) is 4.78. The van der Waals surface area contributed by atoms with E-state index in [0.29, 0.717) is 30.1 Å². The average Bonchev–Trinajstić information content (AvgIpc) is 3.13. The van der Waals surface area contributed by atoms with Crippen molar-refractivity contribution in [3.8, 4) is 0 Å². The monoisotopic (exact) mass is 373 g/mol. The molecule has 0 saturated carbocycles. The molecule has 2 rings (SSSR count). The van der Waals surface area contributed by atoms with Crippen molar-refractivity contribution in [2.45, 2.75) is 30.4 Å². The number of sulfonamides is 1. The maximum absolute atomic E-state index is 12.5. The predicted molar refractivity (Wildman–Crippen MR) is 92.1 cm³/mol. The second-order valence-electron chi connectivity index (χ2n) is 5.70. The van der Waals surface area contributed by atoms with Crippen LogP contribution in [0.15, 0.2) is 21.7 Å². The predicted octanol–water partition coefficient (Wildman–Crippen LogP) is 0.791. The molecule has 1 fully saturated rings. The van der Waals surface area contributed by atoms with Gasteiger partial charge in [-0.2, -0.15) is 4.31 Å². The van der Waals surface area contributed by atoms with Gasteiger partial charge in [0.2, 0.25) is 11.8 Å². The summed E-state index contributed by atoms with van der Waals surface area (Å²) >= 11 is 1.17. The standard InChI is InChI=1S/C15H23N3O4S2/c1-2-7-16-13(19)10-17-15(20)12-5-3-8-18(11-12)24(21,22)14-6-4-9-23-14/h4,6,9,12H,2-3,5,7-8,10-11H2,1H3,(H,16,19)(H,17,20)/t12-/m0/s1. The lowest BCUT2D eigenvalue weighted by atomic mass is 9.99. The third-order valence-electron chi connectivity index (χ3n) is 3.84. The van der Waals surface area contributed by atoms with Gasteiger partial charge in [-0.1, -0.05) is 13.0 Å². The van der Waals surface area contributed by atoms with Crippen molar-refractivity contribution in [2.24, 2.45) is 5.92 Å². The highest BCUT2D eigenvalue weighted by Gasteiger charge is 2.33. The highest BCUT2D eigenvalue weighted by Crippen LogP contribution is 2.26. The summed E-state index contributed by atoms with van der Waals surface area (Å²) in [7, 11) is -3.54. The number of thiophene rings is 1. The Morgan fingerprint density at radius 2 is 2.17 bits per heavy atom. The first-order valence-corrected chi connectivity index (χ1v) is 10.3. The fourth-order valence-electron chi connectivity index (χ4n) is 2.55. The molecule has 24 heavy (non-hydrogen) atoms. The van der Waals surface area contributed by atoms with Crippen LogP contribution in [-0.2, 0) is 19.6 Å². The van der Waals surface area contributed by atoms with Crippen LogP contribution in [0.4, 0.5) is 0 Å². The first-order valence-electron chi connectivity index (χ1n) is 8.03. The summed E-state index contributed by atoms with van der Waals surface area (Å²) in [6, 6.07) is 3.27. The van der Waals surface area contributed by atoms with Gasteiger partial charge in [0.25, 0.3) is 10.0 Å². The molecule has 7 nitrogen and oxygen atoms in total. The lowest BCUT2D eigenvalue weighted by Crippen LogP contribution is -2.47. The van der Waals surface area contributed by atoms with Gasteiger partial charge in [-0.05, 0) is 30.7 Å². The summed E-state index contributed by atoms with van der Waals surface area (Å²) in [4.78, 5) is 23.8. The second-order valence-corrected chi connectivity index (χ2v) is 8.81. The molecule has 0 radical (unpaired) electrons. The molecule has 2 heterocycles. The van der Waals surface area contributed by atoms with E-state index < -0.39 is 15.9 Å². The lowest BCUT2D eigenvalue weighted by Gasteiger charge is -2.30. The highest BCUT2D eigenvalue weighted by molar-refractivity contribution is 7.91. The van der Waals surface area contributed by atoms with E-state index in [-0.39, 0.29) is 24.9 Å². The van der Waals surface area contributed by atoms with Gasteiger partial charge in [-0.25, -0.2) is 8.42 Å². The SMILES string of the molecule is CCCNC(=O)CNC(=O)[C@H]1CCCN(S(=O)(=O)c2cccs2)C1. The molecule has 2 N–H and O–H groups in total. The molecular formula is C15H23N3O4S2. The van der Waals surface area contributed by atoms with Crippen molar-refractivity contribution in [3.63, 3.8) is 0 Å². The van der Waals surface area contributed by atoms with Crippen molar-refractivity contribution in [1.82, 2.24) is 14.9 Å². The zero-order valence-electron chi connectivity index (χ0n) is 13.7. The van der Waals surface area contributed by atoms with Gasteiger partial charge in [0, 0.05) is 19.6 Å². The van der Waals surface area contributed by atoms with Gasteiger partial charge in [-0.3, -0.25) is 9.59 Å². The lowest BCUT2D eigenvalue weighted by molar-refractivity contribution is -0.129. The molecule has 0 aromatic carbocycles. The number of rotatable bonds is 7. The molecular weight excluding hydrogens is 350 g/mol. The first kappa shape index (κ1) is 18.9. The van der Waals surface area contributed by atoms with Crippen LogP contribution in [0.1, 0.15) is 26.2 Å². The van der Waals surface area contributed by atoms with Crippen molar-refractivity contribution in [1.29, 1.82) is 0 Å². The molecule has 134 valence electrons. The number of amides is 2. The molecule has 0 spiro atoms. The Bertz CT molecular complexity index is 658.